The van der Waals surface area contributed by atoms with Gasteiger partial charge in [0.25, 0.3) is 0 Å². The second-order valence-electron chi connectivity index (χ2n) is 11.1. The first-order valence-electron chi connectivity index (χ1n) is 11.7. The van der Waals surface area contributed by atoms with Crippen LogP contribution in [0.5, 0.6) is 0 Å². The number of hydrogen-bond donors (Lipinski definition) is 0. The highest BCUT2D eigenvalue weighted by Gasteiger charge is 2.79. The Bertz CT molecular complexity index is 712. The van der Waals surface area contributed by atoms with Gasteiger partial charge < -0.3 is 4.74 Å². The van der Waals surface area contributed by atoms with Crippen LogP contribution in [0.15, 0.2) is 23.8 Å². The van der Waals surface area contributed by atoms with E-state index in [2.05, 4.69) is 19.6 Å². The van der Waals surface area contributed by atoms with Crippen molar-refractivity contribution in [2.45, 2.75) is 70.3 Å². The minimum Gasteiger partial charge on any atom is -0.374 e. The van der Waals surface area contributed by atoms with Crippen molar-refractivity contribution in [3.8, 4) is 0 Å². The fourth-order valence-electron chi connectivity index (χ4n) is 10.0. The maximum atomic E-state index is 6.75. The topological polar surface area (TPSA) is 9.23 Å². The van der Waals surface area contributed by atoms with Crippen LogP contribution in [0.25, 0.3) is 0 Å². The Morgan fingerprint density at radius 2 is 2.04 bits per heavy atom. The van der Waals surface area contributed by atoms with Gasteiger partial charge in [-0.3, -0.25) is 0 Å². The van der Waals surface area contributed by atoms with Gasteiger partial charge in [0.1, 0.15) is 0 Å². The van der Waals surface area contributed by atoms with Gasteiger partial charge in [0.15, 0.2) is 0 Å². The van der Waals surface area contributed by atoms with E-state index in [0.717, 1.165) is 54.0 Å². The third-order valence-corrected chi connectivity index (χ3v) is 10.8. The van der Waals surface area contributed by atoms with E-state index in [9.17, 15) is 0 Å². The maximum absolute atomic E-state index is 6.75. The number of fused-ring (bicyclic) bond motifs is 12. The monoisotopic (exact) mass is 350 g/mol. The Kier molecular flexibility index (Phi) is 2.78. The fraction of sp³-hybridized carbons (Fsp3) is 0.840. The molecule has 0 N–H and O–H groups in total. The zero-order chi connectivity index (χ0) is 17.3. The van der Waals surface area contributed by atoms with E-state index >= 15 is 0 Å². The van der Waals surface area contributed by atoms with Gasteiger partial charge >= 0.3 is 0 Å². The van der Waals surface area contributed by atoms with Crippen molar-refractivity contribution < 1.29 is 4.74 Å². The largest absolute Gasteiger partial charge is 0.374 e. The molecule has 1 heterocycles. The summed E-state index contributed by atoms with van der Waals surface area (Å²) in [5.74, 6) is 7.92. The molecule has 10 atom stereocenters. The van der Waals surface area contributed by atoms with E-state index in [1.807, 2.05) is 5.57 Å². The predicted octanol–water partition coefficient (Wildman–Crippen LogP) is 5.77. The molecule has 7 aliphatic rings. The Hall–Kier alpha value is -0.560. The first-order chi connectivity index (χ1) is 12.7. The second-order valence-corrected chi connectivity index (χ2v) is 11.1. The predicted molar refractivity (Wildman–Crippen MR) is 103 cm³/mol. The summed E-state index contributed by atoms with van der Waals surface area (Å²) in [5, 5.41) is 0. The zero-order valence-corrected chi connectivity index (χ0v) is 16.4. The van der Waals surface area contributed by atoms with Gasteiger partial charge in [0.2, 0.25) is 0 Å². The lowest BCUT2D eigenvalue weighted by molar-refractivity contribution is -0.160. The van der Waals surface area contributed by atoms with Gasteiger partial charge in [-0.1, -0.05) is 30.7 Å². The Morgan fingerprint density at radius 3 is 2.85 bits per heavy atom. The highest BCUT2D eigenvalue weighted by atomic mass is 16.5. The molecule has 1 heteroatoms. The molecule has 5 unspecified atom stereocenters. The molecule has 6 aliphatic carbocycles. The quantitative estimate of drug-likeness (QED) is 0.583. The van der Waals surface area contributed by atoms with Crippen molar-refractivity contribution in [3.63, 3.8) is 0 Å². The van der Waals surface area contributed by atoms with Gasteiger partial charge in [0, 0.05) is 12.0 Å². The average molecular weight is 351 g/mol. The van der Waals surface area contributed by atoms with Crippen LogP contribution >= 0.6 is 0 Å². The molecule has 26 heavy (non-hydrogen) atoms. The van der Waals surface area contributed by atoms with E-state index in [1.165, 1.54) is 63.4 Å². The van der Waals surface area contributed by atoms with Gasteiger partial charge in [-0.15, -0.1) is 0 Å². The molecule has 0 aromatic rings. The van der Waals surface area contributed by atoms with Crippen molar-refractivity contribution in [1.82, 2.24) is 0 Å². The van der Waals surface area contributed by atoms with Crippen LogP contribution in [0.4, 0.5) is 0 Å². The molecule has 0 bridgehead atoms. The molecule has 0 aromatic heterocycles. The summed E-state index contributed by atoms with van der Waals surface area (Å²) < 4.78 is 6.75. The standard InChI is InChI=1S/C25H34O/c1-3-24-9-7-16-15-6-5-14(2)11-17(15)18-12-19(18)22(16)23(24)20-13-21(20)25(24)8-4-10-26-25/h11,15-16,18-23H,2-10,12-13H2,1H3/t15-,16?,18?,19?,20-,21+,22?,23?,24+,25+/m1/s1. The van der Waals surface area contributed by atoms with Gasteiger partial charge in [0.05, 0.1) is 5.60 Å². The molecular weight excluding hydrogens is 316 g/mol. The molecule has 7 rings (SSSR count). The summed E-state index contributed by atoms with van der Waals surface area (Å²) in [6, 6.07) is 0. The first kappa shape index (κ1) is 15.4. The zero-order valence-electron chi connectivity index (χ0n) is 16.4. The second kappa shape index (κ2) is 4.70. The maximum Gasteiger partial charge on any atom is 0.0772 e. The summed E-state index contributed by atoms with van der Waals surface area (Å²) in [4.78, 5) is 0. The van der Waals surface area contributed by atoms with E-state index in [-0.39, 0.29) is 0 Å². The van der Waals surface area contributed by atoms with Crippen LogP contribution in [-0.4, -0.2) is 12.2 Å². The van der Waals surface area contributed by atoms with Crippen LogP contribution in [0.1, 0.15) is 64.7 Å². The number of hydrogen-bond acceptors (Lipinski definition) is 1. The van der Waals surface area contributed by atoms with Gasteiger partial charge in [-0.25, -0.2) is 0 Å². The molecular formula is C25H34O. The molecule has 5 saturated carbocycles. The molecule has 1 saturated heterocycles. The van der Waals surface area contributed by atoms with Crippen molar-refractivity contribution in [2.75, 3.05) is 6.61 Å². The van der Waals surface area contributed by atoms with Crippen molar-refractivity contribution >= 4 is 0 Å². The van der Waals surface area contributed by atoms with E-state index in [0.29, 0.717) is 11.0 Å². The normalized spacial score (nSPS) is 61.3. The molecule has 0 amide bonds. The number of rotatable bonds is 1. The fourth-order valence-corrected chi connectivity index (χ4v) is 10.0. The third kappa shape index (κ3) is 1.54. The molecule has 1 spiro atoms. The summed E-state index contributed by atoms with van der Waals surface area (Å²) in [5.41, 5.74) is 4.13. The Labute approximate surface area is 158 Å². The van der Waals surface area contributed by atoms with Crippen LogP contribution in [-0.2, 0) is 4.74 Å². The summed E-state index contributed by atoms with van der Waals surface area (Å²) in [6.45, 7) is 7.88. The van der Waals surface area contributed by atoms with Crippen molar-refractivity contribution in [1.29, 1.82) is 0 Å². The van der Waals surface area contributed by atoms with Gasteiger partial charge in [-0.2, -0.15) is 0 Å². The highest BCUT2D eigenvalue weighted by Crippen LogP contribution is 2.81. The summed E-state index contributed by atoms with van der Waals surface area (Å²) in [6.07, 6.45) is 15.3. The minimum atomic E-state index is 0.309. The van der Waals surface area contributed by atoms with Crippen LogP contribution in [0.3, 0.4) is 0 Å². The van der Waals surface area contributed by atoms with Crippen LogP contribution in [0.2, 0.25) is 0 Å². The average Bonchev–Trinajstić information content (AvgIpc) is 3.56. The first-order valence-corrected chi connectivity index (χ1v) is 11.7. The highest BCUT2D eigenvalue weighted by molar-refractivity contribution is 5.37. The van der Waals surface area contributed by atoms with E-state index in [4.69, 9.17) is 4.74 Å². The van der Waals surface area contributed by atoms with Crippen LogP contribution in [0, 0.1) is 52.8 Å². The number of allylic oxidation sites excluding steroid dienone is 3. The molecule has 140 valence electrons. The van der Waals surface area contributed by atoms with Gasteiger partial charge in [-0.05, 0) is 105 Å². The molecule has 6 fully saturated rings. The molecule has 0 radical (unpaired) electrons. The lowest BCUT2D eigenvalue weighted by Crippen LogP contribution is -2.56. The van der Waals surface area contributed by atoms with E-state index in [1.54, 1.807) is 0 Å². The molecule has 0 aromatic carbocycles. The lowest BCUT2D eigenvalue weighted by atomic mass is 9.47. The van der Waals surface area contributed by atoms with E-state index < -0.39 is 0 Å². The number of ether oxygens (including phenoxy) is 1. The SMILES string of the molecule is C=C1C=C2C3CC3C3C(CC[C@@]4(CC)C3[C@@H]3C[C@@H]3[C@@]43CCCO3)[C@H]2CC1. The Balaban J connectivity index is 1.33. The summed E-state index contributed by atoms with van der Waals surface area (Å²) in [7, 11) is 0. The van der Waals surface area contributed by atoms with Crippen LogP contribution < -0.4 is 0 Å². The third-order valence-electron chi connectivity index (χ3n) is 10.8. The summed E-state index contributed by atoms with van der Waals surface area (Å²) >= 11 is 0. The molecule has 1 aliphatic heterocycles. The van der Waals surface area contributed by atoms with Crippen molar-refractivity contribution in [2.24, 2.45) is 52.8 Å². The lowest BCUT2D eigenvalue weighted by Gasteiger charge is -2.59. The minimum absolute atomic E-state index is 0.309. The van der Waals surface area contributed by atoms with Crippen molar-refractivity contribution in [3.05, 3.63) is 23.8 Å². The molecule has 1 nitrogen and oxygen atoms in total. The smallest absolute Gasteiger partial charge is 0.0772 e. The Morgan fingerprint density at radius 1 is 1.12 bits per heavy atom.